The number of alkyl halides is 2. The molecular weight excluding hydrogens is 272 g/mol. The van der Waals surface area contributed by atoms with Crippen LogP contribution in [-0.2, 0) is 4.74 Å². The summed E-state index contributed by atoms with van der Waals surface area (Å²) >= 11 is 2.92. The molecule has 0 aliphatic heterocycles. The molecule has 82 valence electrons. The van der Waals surface area contributed by atoms with Crippen LogP contribution in [0.4, 0.5) is 8.78 Å². The Morgan fingerprint density at radius 3 is 2.87 bits per heavy atom. The molecule has 1 aromatic heterocycles. The van der Waals surface area contributed by atoms with Crippen LogP contribution < -0.4 is 0 Å². The van der Waals surface area contributed by atoms with E-state index in [4.69, 9.17) is 0 Å². The van der Waals surface area contributed by atoms with E-state index in [1.54, 1.807) is 6.92 Å². The Kier molecular flexibility index (Phi) is 4.14. The lowest BCUT2D eigenvalue weighted by atomic mass is 10.2. The van der Waals surface area contributed by atoms with Gasteiger partial charge in [-0.15, -0.1) is 0 Å². The van der Waals surface area contributed by atoms with Crippen LogP contribution in [0, 0.1) is 0 Å². The quantitative estimate of drug-likeness (QED) is 0.799. The minimum Gasteiger partial charge on any atom is -0.461 e. The number of hydrogen-bond acceptors (Lipinski definition) is 3. The number of hydrogen-bond donors (Lipinski definition) is 0. The second kappa shape index (κ2) is 5.16. The molecule has 0 saturated carbocycles. The number of esters is 1. The van der Waals surface area contributed by atoms with E-state index in [1.165, 1.54) is 0 Å². The van der Waals surface area contributed by atoms with Crippen LogP contribution in [0.5, 0.6) is 0 Å². The Bertz CT molecular complexity index is 371. The first-order valence-corrected chi connectivity index (χ1v) is 4.96. The predicted molar refractivity (Wildman–Crippen MR) is 52.9 cm³/mol. The molecular formula is C9H8BrF2NO2. The van der Waals surface area contributed by atoms with Crippen molar-refractivity contribution in [1.29, 1.82) is 0 Å². The van der Waals surface area contributed by atoms with Gasteiger partial charge in [-0.3, -0.25) is 0 Å². The summed E-state index contributed by atoms with van der Waals surface area (Å²) in [5.74, 6) is -0.702. The van der Waals surface area contributed by atoms with Gasteiger partial charge in [-0.2, -0.15) is 0 Å². The smallest absolute Gasteiger partial charge is 0.356 e. The summed E-state index contributed by atoms with van der Waals surface area (Å²) in [6.45, 7) is 1.81. The summed E-state index contributed by atoms with van der Waals surface area (Å²) < 4.78 is 29.7. The van der Waals surface area contributed by atoms with Crippen LogP contribution in [0.3, 0.4) is 0 Å². The Morgan fingerprint density at radius 1 is 1.67 bits per heavy atom. The highest BCUT2D eigenvalue weighted by Gasteiger charge is 2.16. The summed E-state index contributed by atoms with van der Waals surface area (Å²) in [4.78, 5) is 14.9. The van der Waals surface area contributed by atoms with Crippen molar-refractivity contribution in [3.05, 3.63) is 28.0 Å². The maximum atomic E-state index is 12.4. The third kappa shape index (κ3) is 2.95. The first-order chi connectivity index (χ1) is 7.06. The first kappa shape index (κ1) is 12.0. The molecule has 0 aliphatic carbocycles. The second-order valence-electron chi connectivity index (χ2n) is 2.61. The van der Waals surface area contributed by atoms with Crippen LogP contribution in [0.15, 0.2) is 16.7 Å². The lowest BCUT2D eigenvalue weighted by Crippen LogP contribution is -2.08. The summed E-state index contributed by atoms with van der Waals surface area (Å²) in [6.07, 6.45) is -1.50. The van der Waals surface area contributed by atoms with E-state index in [1.807, 2.05) is 0 Å². The third-order valence-electron chi connectivity index (χ3n) is 1.60. The molecule has 0 saturated heterocycles. The SMILES string of the molecule is CCOC(=O)c1cc(C(F)F)c(Br)cn1. The molecule has 0 radical (unpaired) electrons. The van der Waals surface area contributed by atoms with Crippen LogP contribution in [-0.4, -0.2) is 17.6 Å². The van der Waals surface area contributed by atoms with E-state index >= 15 is 0 Å². The molecule has 1 aromatic rings. The van der Waals surface area contributed by atoms with Crippen molar-refractivity contribution < 1.29 is 18.3 Å². The summed E-state index contributed by atoms with van der Waals surface area (Å²) in [7, 11) is 0. The molecule has 0 bridgehead atoms. The minimum absolute atomic E-state index is 0.115. The van der Waals surface area contributed by atoms with Gasteiger partial charge in [0.2, 0.25) is 0 Å². The maximum Gasteiger partial charge on any atom is 0.356 e. The van der Waals surface area contributed by atoms with Gasteiger partial charge in [0.1, 0.15) is 5.69 Å². The normalized spacial score (nSPS) is 10.5. The number of aromatic nitrogens is 1. The van der Waals surface area contributed by atoms with E-state index in [2.05, 4.69) is 25.7 Å². The molecule has 0 amide bonds. The molecule has 15 heavy (non-hydrogen) atoms. The van der Waals surface area contributed by atoms with Gasteiger partial charge in [0.15, 0.2) is 0 Å². The molecule has 1 rings (SSSR count). The van der Waals surface area contributed by atoms with Crippen LogP contribution in [0.1, 0.15) is 29.4 Å². The molecule has 0 aromatic carbocycles. The molecule has 0 atom stereocenters. The minimum atomic E-state index is -2.66. The fourth-order valence-corrected chi connectivity index (χ4v) is 1.33. The highest BCUT2D eigenvalue weighted by Crippen LogP contribution is 2.27. The zero-order valence-corrected chi connectivity index (χ0v) is 9.42. The zero-order valence-electron chi connectivity index (χ0n) is 7.84. The number of carbonyl (C=O) groups is 1. The van der Waals surface area contributed by atoms with Crippen molar-refractivity contribution in [3.63, 3.8) is 0 Å². The zero-order chi connectivity index (χ0) is 11.4. The van der Waals surface area contributed by atoms with Crippen molar-refractivity contribution in [2.45, 2.75) is 13.3 Å². The molecule has 0 spiro atoms. The lowest BCUT2D eigenvalue weighted by molar-refractivity contribution is 0.0519. The first-order valence-electron chi connectivity index (χ1n) is 4.17. The molecule has 0 fully saturated rings. The average molecular weight is 280 g/mol. The maximum absolute atomic E-state index is 12.4. The van der Waals surface area contributed by atoms with Crippen molar-refractivity contribution in [2.24, 2.45) is 0 Å². The van der Waals surface area contributed by atoms with Crippen molar-refractivity contribution in [2.75, 3.05) is 6.61 Å². The van der Waals surface area contributed by atoms with Gasteiger partial charge in [-0.1, -0.05) is 0 Å². The number of rotatable bonds is 3. The van der Waals surface area contributed by atoms with Crippen LogP contribution in [0.25, 0.3) is 0 Å². The van der Waals surface area contributed by atoms with Gasteiger partial charge in [-0.05, 0) is 28.9 Å². The van der Waals surface area contributed by atoms with E-state index < -0.39 is 12.4 Å². The van der Waals surface area contributed by atoms with Crippen LogP contribution in [0.2, 0.25) is 0 Å². The highest BCUT2D eigenvalue weighted by molar-refractivity contribution is 9.10. The van der Waals surface area contributed by atoms with E-state index in [9.17, 15) is 13.6 Å². The standard InChI is InChI=1S/C9H8BrF2NO2/c1-2-15-9(14)7-3-5(8(11)12)6(10)4-13-7/h3-4,8H,2H2,1H3. The highest BCUT2D eigenvalue weighted by atomic mass is 79.9. The van der Waals surface area contributed by atoms with Gasteiger partial charge in [0, 0.05) is 16.2 Å². The van der Waals surface area contributed by atoms with E-state index in [0.29, 0.717) is 0 Å². The van der Waals surface area contributed by atoms with Gasteiger partial charge in [-0.25, -0.2) is 18.6 Å². The Labute approximate surface area is 93.6 Å². The van der Waals surface area contributed by atoms with Gasteiger partial charge in [0.25, 0.3) is 6.43 Å². The number of nitrogens with zero attached hydrogens (tertiary/aromatic N) is 1. The fraction of sp³-hybridized carbons (Fsp3) is 0.333. The van der Waals surface area contributed by atoms with E-state index in [0.717, 1.165) is 12.3 Å². The monoisotopic (exact) mass is 279 g/mol. The number of halogens is 3. The largest absolute Gasteiger partial charge is 0.461 e. The fourth-order valence-electron chi connectivity index (χ4n) is 0.938. The molecule has 3 nitrogen and oxygen atoms in total. The molecule has 0 N–H and O–H groups in total. The molecule has 0 aliphatic rings. The lowest BCUT2D eigenvalue weighted by Gasteiger charge is -2.05. The molecule has 1 heterocycles. The van der Waals surface area contributed by atoms with Gasteiger partial charge in [0.05, 0.1) is 6.61 Å². The third-order valence-corrected chi connectivity index (χ3v) is 2.27. The number of ether oxygens (including phenoxy) is 1. The van der Waals surface area contributed by atoms with E-state index in [-0.39, 0.29) is 22.3 Å². The van der Waals surface area contributed by atoms with Gasteiger partial charge >= 0.3 is 5.97 Å². The summed E-state index contributed by atoms with van der Waals surface area (Å²) in [5, 5.41) is 0. The molecule has 6 heteroatoms. The Balaban J connectivity index is 3.02. The van der Waals surface area contributed by atoms with Crippen molar-refractivity contribution in [1.82, 2.24) is 4.98 Å². The van der Waals surface area contributed by atoms with Crippen molar-refractivity contribution >= 4 is 21.9 Å². The number of pyridine rings is 1. The summed E-state index contributed by atoms with van der Waals surface area (Å²) in [6, 6.07) is 1.02. The predicted octanol–water partition coefficient (Wildman–Crippen LogP) is 2.96. The molecule has 0 unspecified atom stereocenters. The Hall–Kier alpha value is -1.04. The van der Waals surface area contributed by atoms with Crippen molar-refractivity contribution in [3.8, 4) is 0 Å². The number of carbonyl (C=O) groups excluding carboxylic acids is 1. The second-order valence-corrected chi connectivity index (χ2v) is 3.47. The average Bonchev–Trinajstić information content (AvgIpc) is 2.18. The topological polar surface area (TPSA) is 39.2 Å². The van der Waals surface area contributed by atoms with Crippen LogP contribution >= 0.6 is 15.9 Å². The Morgan fingerprint density at radius 2 is 2.33 bits per heavy atom. The van der Waals surface area contributed by atoms with Gasteiger partial charge < -0.3 is 4.74 Å². The summed E-state index contributed by atoms with van der Waals surface area (Å²) in [5.41, 5.74) is -0.386.